The van der Waals surface area contributed by atoms with E-state index in [9.17, 15) is 0 Å². The topological polar surface area (TPSA) is 56.1 Å². The van der Waals surface area contributed by atoms with Crippen molar-refractivity contribution in [3.63, 3.8) is 0 Å². The molecule has 6 heteroatoms. The zero-order valence-electron chi connectivity index (χ0n) is 13.9. The van der Waals surface area contributed by atoms with Crippen LogP contribution in [0.25, 0.3) is 5.69 Å². The Morgan fingerprint density at radius 1 is 1.04 bits per heavy atom. The molecule has 2 aromatic carbocycles. The minimum atomic E-state index is 0.0691. The van der Waals surface area contributed by atoms with Gasteiger partial charge in [0, 0.05) is 6.54 Å². The van der Waals surface area contributed by atoms with Gasteiger partial charge in [-0.3, -0.25) is 4.90 Å². The molecule has 24 heavy (non-hydrogen) atoms. The molecule has 1 atom stereocenters. The highest BCUT2D eigenvalue weighted by atomic mass is 16.5. The van der Waals surface area contributed by atoms with Crippen LogP contribution < -0.4 is 4.74 Å². The second-order valence-corrected chi connectivity index (χ2v) is 5.60. The van der Waals surface area contributed by atoms with Gasteiger partial charge < -0.3 is 4.74 Å². The van der Waals surface area contributed by atoms with Crippen LogP contribution in [0.5, 0.6) is 5.75 Å². The van der Waals surface area contributed by atoms with Crippen molar-refractivity contribution in [2.24, 2.45) is 0 Å². The third kappa shape index (κ3) is 3.78. The van der Waals surface area contributed by atoms with Crippen LogP contribution in [0.3, 0.4) is 0 Å². The molecule has 0 radical (unpaired) electrons. The summed E-state index contributed by atoms with van der Waals surface area (Å²) < 4.78 is 7.54. The first-order valence-corrected chi connectivity index (χ1v) is 7.97. The second-order valence-electron chi connectivity index (χ2n) is 5.60. The Hall–Kier alpha value is -2.73. The molecule has 0 aliphatic heterocycles. The van der Waals surface area contributed by atoms with Gasteiger partial charge in [-0.1, -0.05) is 36.4 Å². The van der Waals surface area contributed by atoms with Crippen LogP contribution in [0.2, 0.25) is 0 Å². The van der Waals surface area contributed by atoms with Crippen LogP contribution in [0, 0.1) is 0 Å². The number of hydrogen-bond acceptors (Lipinski definition) is 5. The Labute approximate surface area is 141 Å². The number of ether oxygens (including phenoxy) is 1. The number of para-hydroxylation sites is 2. The van der Waals surface area contributed by atoms with Crippen molar-refractivity contribution in [2.75, 3.05) is 20.2 Å². The third-order valence-corrected chi connectivity index (χ3v) is 3.99. The summed E-state index contributed by atoms with van der Waals surface area (Å²) in [6.45, 7) is 3.48. The maximum Gasteiger partial charge on any atom is 0.173 e. The lowest BCUT2D eigenvalue weighted by atomic mass is 10.2. The van der Waals surface area contributed by atoms with E-state index in [0.29, 0.717) is 6.61 Å². The number of benzene rings is 2. The van der Waals surface area contributed by atoms with E-state index in [1.807, 2.05) is 67.7 Å². The predicted molar refractivity (Wildman–Crippen MR) is 92.1 cm³/mol. The van der Waals surface area contributed by atoms with Gasteiger partial charge in [0.15, 0.2) is 5.82 Å². The molecule has 6 nitrogen and oxygen atoms in total. The van der Waals surface area contributed by atoms with Crippen molar-refractivity contribution < 1.29 is 4.74 Å². The zero-order valence-corrected chi connectivity index (χ0v) is 13.9. The number of hydrogen-bond donors (Lipinski definition) is 0. The normalized spacial score (nSPS) is 12.3. The quantitative estimate of drug-likeness (QED) is 0.669. The van der Waals surface area contributed by atoms with Crippen LogP contribution in [-0.4, -0.2) is 45.3 Å². The van der Waals surface area contributed by atoms with Gasteiger partial charge in [-0.15, -0.1) is 5.10 Å². The minimum absolute atomic E-state index is 0.0691. The van der Waals surface area contributed by atoms with Crippen LogP contribution in [0.15, 0.2) is 60.7 Å². The van der Waals surface area contributed by atoms with E-state index in [-0.39, 0.29) is 6.04 Å². The third-order valence-electron chi connectivity index (χ3n) is 3.99. The molecular weight excluding hydrogens is 302 g/mol. The first-order chi connectivity index (χ1) is 11.8. The van der Waals surface area contributed by atoms with E-state index in [1.54, 1.807) is 4.68 Å². The summed E-state index contributed by atoms with van der Waals surface area (Å²) in [6, 6.07) is 19.8. The zero-order chi connectivity index (χ0) is 16.8. The Morgan fingerprint density at radius 3 is 2.42 bits per heavy atom. The van der Waals surface area contributed by atoms with Crippen molar-refractivity contribution in [1.29, 1.82) is 0 Å². The summed E-state index contributed by atoms with van der Waals surface area (Å²) in [5.74, 6) is 1.69. The maximum atomic E-state index is 5.76. The summed E-state index contributed by atoms with van der Waals surface area (Å²) in [7, 11) is 2.04. The second kappa shape index (κ2) is 7.70. The highest BCUT2D eigenvalue weighted by molar-refractivity contribution is 5.30. The average molecular weight is 323 g/mol. The molecule has 0 fully saturated rings. The predicted octanol–water partition coefficient (Wildman–Crippen LogP) is 2.73. The summed E-state index contributed by atoms with van der Waals surface area (Å²) in [5, 5.41) is 12.1. The molecule has 0 saturated carbocycles. The molecular formula is C18H21N5O. The van der Waals surface area contributed by atoms with E-state index in [4.69, 9.17) is 4.74 Å². The van der Waals surface area contributed by atoms with Crippen LogP contribution >= 0.6 is 0 Å². The molecule has 0 bridgehead atoms. The fraction of sp³-hybridized carbons (Fsp3) is 0.278. The number of rotatable bonds is 7. The molecule has 1 unspecified atom stereocenters. The molecule has 0 aliphatic rings. The molecule has 1 aromatic heterocycles. The van der Waals surface area contributed by atoms with Crippen molar-refractivity contribution >= 4 is 0 Å². The molecule has 0 aliphatic carbocycles. The van der Waals surface area contributed by atoms with Crippen LogP contribution in [0.4, 0.5) is 0 Å². The van der Waals surface area contributed by atoms with E-state index in [1.165, 1.54) is 0 Å². The molecule has 0 spiro atoms. The van der Waals surface area contributed by atoms with Gasteiger partial charge in [0.2, 0.25) is 0 Å². The number of aromatic nitrogens is 4. The maximum absolute atomic E-state index is 5.76. The Morgan fingerprint density at radius 2 is 1.71 bits per heavy atom. The SMILES string of the molecule is CC(c1nnnn1-c1ccccc1)N(C)CCOc1ccccc1. The Bertz CT molecular complexity index is 744. The minimum Gasteiger partial charge on any atom is -0.492 e. The van der Waals surface area contributed by atoms with Gasteiger partial charge in [-0.25, -0.2) is 0 Å². The van der Waals surface area contributed by atoms with Gasteiger partial charge in [0.25, 0.3) is 0 Å². The molecule has 0 saturated heterocycles. The first-order valence-electron chi connectivity index (χ1n) is 7.97. The molecule has 3 aromatic rings. The highest BCUT2D eigenvalue weighted by Gasteiger charge is 2.19. The van der Waals surface area contributed by atoms with Crippen molar-refractivity contribution in [3.8, 4) is 11.4 Å². The summed E-state index contributed by atoms with van der Waals surface area (Å²) >= 11 is 0. The lowest BCUT2D eigenvalue weighted by Crippen LogP contribution is -2.29. The van der Waals surface area contributed by atoms with Gasteiger partial charge in [-0.05, 0) is 48.7 Å². The van der Waals surface area contributed by atoms with E-state index >= 15 is 0 Å². The van der Waals surface area contributed by atoms with Crippen LogP contribution in [0.1, 0.15) is 18.8 Å². The lowest BCUT2D eigenvalue weighted by molar-refractivity contribution is 0.194. The van der Waals surface area contributed by atoms with Gasteiger partial charge >= 0.3 is 0 Å². The monoisotopic (exact) mass is 323 g/mol. The Balaban J connectivity index is 1.62. The number of likely N-dealkylation sites (N-methyl/N-ethyl adjacent to an activating group) is 1. The fourth-order valence-electron chi connectivity index (χ4n) is 2.42. The number of tetrazole rings is 1. The van der Waals surface area contributed by atoms with E-state index in [0.717, 1.165) is 23.8 Å². The Kier molecular flexibility index (Phi) is 5.18. The summed E-state index contributed by atoms with van der Waals surface area (Å²) in [5.41, 5.74) is 0.957. The van der Waals surface area contributed by atoms with Crippen molar-refractivity contribution in [2.45, 2.75) is 13.0 Å². The van der Waals surface area contributed by atoms with Crippen LogP contribution in [-0.2, 0) is 0 Å². The standard InChI is InChI=1S/C18H21N5O/c1-15(22(2)13-14-24-17-11-7-4-8-12-17)18-19-20-21-23(18)16-9-5-3-6-10-16/h3-12,15H,13-14H2,1-2H3. The average Bonchev–Trinajstić information content (AvgIpc) is 3.12. The van der Waals surface area contributed by atoms with Crippen molar-refractivity contribution in [3.05, 3.63) is 66.5 Å². The smallest absolute Gasteiger partial charge is 0.173 e. The van der Waals surface area contributed by atoms with Gasteiger partial charge in [0.1, 0.15) is 12.4 Å². The summed E-state index contributed by atoms with van der Waals surface area (Å²) in [6.07, 6.45) is 0. The molecule has 0 amide bonds. The van der Waals surface area contributed by atoms with E-state index < -0.39 is 0 Å². The molecule has 124 valence electrons. The van der Waals surface area contributed by atoms with Crippen molar-refractivity contribution in [1.82, 2.24) is 25.1 Å². The highest BCUT2D eigenvalue weighted by Crippen LogP contribution is 2.18. The lowest BCUT2D eigenvalue weighted by Gasteiger charge is -2.23. The first kappa shape index (κ1) is 16.1. The van der Waals surface area contributed by atoms with Gasteiger partial charge in [0.05, 0.1) is 11.7 Å². The molecule has 1 heterocycles. The van der Waals surface area contributed by atoms with E-state index in [2.05, 4.69) is 27.3 Å². The van der Waals surface area contributed by atoms with Gasteiger partial charge in [-0.2, -0.15) is 4.68 Å². The summed E-state index contributed by atoms with van der Waals surface area (Å²) in [4.78, 5) is 2.17. The fourth-order valence-corrected chi connectivity index (χ4v) is 2.42. The molecule has 3 rings (SSSR count). The number of nitrogens with zero attached hydrogens (tertiary/aromatic N) is 5. The largest absolute Gasteiger partial charge is 0.492 e. The molecule has 0 N–H and O–H groups in total.